The molecule has 4 heteroatoms. The smallest absolute Gasteiger partial charge is 0.128 e. The zero-order chi connectivity index (χ0) is 14.2. The van der Waals surface area contributed by atoms with Gasteiger partial charge in [-0.05, 0) is 46.5 Å². The molecule has 3 nitrogen and oxygen atoms in total. The molecule has 0 saturated heterocycles. The van der Waals surface area contributed by atoms with Gasteiger partial charge in [0, 0.05) is 12.6 Å². The SMILES string of the molecule is Cc1cccc2c1nc(C(C)Cl)n2C(C)CN(C)C. The molecule has 1 aromatic carbocycles. The number of hydrogen-bond donors (Lipinski definition) is 0. The van der Waals surface area contributed by atoms with E-state index < -0.39 is 0 Å². The van der Waals surface area contributed by atoms with Gasteiger partial charge in [0.05, 0.1) is 16.4 Å². The summed E-state index contributed by atoms with van der Waals surface area (Å²) >= 11 is 6.32. The molecule has 0 aliphatic rings. The molecule has 0 amide bonds. The molecule has 2 unspecified atom stereocenters. The minimum Gasteiger partial charge on any atom is -0.323 e. The standard InChI is InChI=1S/C15H22ClN3/c1-10-7-6-8-13-14(10)17-15(12(3)16)19(13)11(2)9-18(4)5/h6-8,11-12H,9H2,1-5H3. The van der Waals surface area contributed by atoms with Crippen molar-refractivity contribution in [2.45, 2.75) is 32.2 Å². The number of aryl methyl sites for hydroxylation is 1. The summed E-state index contributed by atoms with van der Waals surface area (Å²) in [5.74, 6) is 0.959. The van der Waals surface area contributed by atoms with Crippen LogP contribution in [0.2, 0.25) is 0 Å². The Morgan fingerprint density at radius 3 is 2.58 bits per heavy atom. The van der Waals surface area contributed by atoms with Crippen LogP contribution in [0, 0.1) is 6.92 Å². The molecular weight excluding hydrogens is 258 g/mol. The van der Waals surface area contributed by atoms with E-state index in [2.05, 4.69) is 55.6 Å². The number of nitrogens with zero attached hydrogens (tertiary/aromatic N) is 3. The summed E-state index contributed by atoms with van der Waals surface area (Å²) < 4.78 is 2.28. The number of likely N-dealkylation sites (N-methyl/N-ethyl adjacent to an activating group) is 1. The van der Waals surface area contributed by atoms with Crippen molar-refractivity contribution in [3.05, 3.63) is 29.6 Å². The van der Waals surface area contributed by atoms with Gasteiger partial charge in [-0.25, -0.2) is 4.98 Å². The topological polar surface area (TPSA) is 21.1 Å². The van der Waals surface area contributed by atoms with Crippen LogP contribution in [-0.2, 0) is 0 Å². The van der Waals surface area contributed by atoms with Crippen molar-refractivity contribution in [2.24, 2.45) is 0 Å². The Morgan fingerprint density at radius 1 is 1.32 bits per heavy atom. The normalized spacial score (nSPS) is 15.1. The van der Waals surface area contributed by atoms with E-state index in [1.807, 2.05) is 6.92 Å². The minimum absolute atomic E-state index is 0.0867. The number of rotatable bonds is 4. The van der Waals surface area contributed by atoms with E-state index in [4.69, 9.17) is 16.6 Å². The molecule has 2 rings (SSSR count). The van der Waals surface area contributed by atoms with Crippen molar-refractivity contribution < 1.29 is 0 Å². The lowest BCUT2D eigenvalue weighted by Gasteiger charge is -2.22. The Labute approximate surface area is 120 Å². The first kappa shape index (κ1) is 14.4. The van der Waals surface area contributed by atoms with Crippen molar-refractivity contribution in [2.75, 3.05) is 20.6 Å². The predicted molar refractivity (Wildman–Crippen MR) is 82.0 cm³/mol. The fraction of sp³-hybridized carbons (Fsp3) is 0.533. The maximum atomic E-state index is 6.32. The van der Waals surface area contributed by atoms with Crippen LogP contribution in [0.5, 0.6) is 0 Å². The zero-order valence-corrected chi connectivity index (χ0v) is 13.1. The Morgan fingerprint density at radius 2 is 2.00 bits per heavy atom. The minimum atomic E-state index is -0.0867. The average Bonchev–Trinajstić information content (AvgIpc) is 2.69. The van der Waals surface area contributed by atoms with Crippen LogP contribution in [0.3, 0.4) is 0 Å². The van der Waals surface area contributed by atoms with Crippen LogP contribution >= 0.6 is 11.6 Å². The Hall–Kier alpha value is -1.06. The van der Waals surface area contributed by atoms with Crippen LogP contribution in [0.15, 0.2) is 18.2 Å². The van der Waals surface area contributed by atoms with Gasteiger partial charge in [-0.1, -0.05) is 12.1 Å². The summed E-state index contributed by atoms with van der Waals surface area (Å²) in [4.78, 5) is 6.94. The molecule has 2 atom stereocenters. The van der Waals surface area contributed by atoms with Crippen molar-refractivity contribution in [1.29, 1.82) is 0 Å². The molecule has 19 heavy (non-hydrogen) atoms. The summed E-state index contributed by atoms with van der Waals surface area (Å²) in [7, 11) is 4.18. The molecule has 0 N–H and O–H groups in total. The van der Waals surface area contributed by atoms with Crippen LogP contribution in [0.4, 0.5) is 0 Å². The molecule has 2 aromatic rings. The van der Waals surface area contributed by atoms with Crippen molar-refractivity contribution >= 4 is 22.6 Å². The van der Waals surface area contributed by atoms with Crippen LogP contribution in [-0.4, -0.2) is 35.1 Å². The fourth-order valence-electron chi connectivity index (χ4n) is 2.63. The van der Waals surface area contributed by atoms with E-state index in [1.54, 1.807) is 0 Å². The first-order valence-corrected chi connectivity index (χ1v) is 7.11. The molecule has 0 bridgehead atoms. The predicted octanol–water partition coefficient (Wildman–Crippen LogP) is 3.77. The zero-order valence-electron chi connectivity index (χ0n) is 12.3. The van der Waals surface area contributed by atoms with Crippen LogP contribution in [0.25, 0.3) is 11.0 Å². The molecule has 104 valence electrons. The fourth-order valence-corrected chi connectivity index (χ4v) is 2.78. The van der Waals surface area contributed by atoms with Gasteiger partial charge >= 0.3 is 0 Å². The first-order valence-electron chi connectivity index (χ1n) is 6.68. The highest BCUT2D eigenvalue weighted by Crippen LogP contribution is 2.29. The van der Waals surface area contributed by atoms with Gasteiger partial charge in [-0.15, -0.1) is 11.6 Å². The van der Waals surface area contributed by atoms with Crippen LogP contribution < -0.4 is 0 Å². The molecule has 0 aliphatic heterocycles. The molecule has 1 heterocycles. The van der Waals surface area contributed by atoms with Crippen molar-refractivity contribution in [3.63, 3.8) is 0 Å². The molecule has 0 spiro atoms. The second-order valence-electron chi connectivity index (χ2n) is 5.51. The number of hydrogen-bond acceptors (Lipinski definition) is 2. The van der Waals surface area contributed by atoms with E-state index in [1.165, 1.54) is 11.1 Å². The first-order chi connectivity index (χ1) is 8.91. The molecular formula is C15H22ClN3. The van der Waals surface area contributed by atoms with Gasteiger partial charge in [-0.3, -0.25) is 0 Å². The summed E-state index contributed by atoms with van der Waals surface area (Å²) in [6, 6.07) is 6.66. The number of halogens is 1. The van der Waals surface area contributed by atoms with E-state index in [0.29, 0.717) is 6.04 Å². The van der Waals surface area contributed by atoms with E-state index in [-0.39, 0.29) is 5.38 Å². The third kappa shape index (κ3) is 2.77. The van der Waals surface area contributed by atoms with E-state index >= 15 is 0 Å². The molecule has 0 saturated carbocycles. The Kier molecular flexibility index (Phi) is 4.16. The lowest BCUT2D eigenvalue weighted by atomic mass is 10.2. The molecule has 0 radical (unpaired) electrons. The van der Waals surface area contributed by atoms with Gasteiger partial charge in [0.25, 0.3) is 0 Å². The number of fused-ring (bicyclic) bond motifs is 1. The third-order valence-corrected chi connectivity index (χ3v) is 3.57. The average molecular weight is 280 g/mol. The van der Waals surface area contributed by atoms with Crippen molar-refractivity contribution in [3.8, 4) is 0 Å². The second kappa shape index (κ2) is 5.51. The Bertz CT molecular complexity index is 572. The molecule has 0 fully saturated rings. The number of imidazole rings is 1. The highest BCUT2D eigenvalue weighted by molar-refractivity contribution is 6.20. The lowest BCUT2D eigenvalue weighted by Crippen LogP contribution is -2.23. The summed E-state index contributed by atoms with van der Waals surface area (Å²) in [5.41, 5.74) is 3.44. The van der Waals surface area contributed by atoms with Crippen LogP contribution in [0.1, 0.15) is 36.7 Å². The highest BCUT2D eigenvalue weighted by Gasteiger charge is 2.20. The van der Waals surface area contributed by atoms with Gasteiger partial charge in [-0.2, -0.15) is 0 Å². The molecule has 1 aromatic heterocycles. The second-order valence-corrected chi connectivity index (χ2v) is 6.16. The van der Waals surface area contributed by atoms with Gasteiger partial charge in [0.15, 0.2) is 0 Å². The van der Waals surface area contributed by atoms with Gasteiger partial charge < -0.3 is 9.47 Å². The molecule has 0 aliphatic carbocycles. The number of benzene rings is 1. The van der Waals surface area contributed by atoms with Gasteiger partial charge in [0.1, 0.15) is 5.82 Å². The number of para-hydroxylation sites is 1. The maximum Gasteiger partial charge on any atom is 0.128 e. The maximum absolute atomic E-state index is 6.32. The monoisotopic (exact) mass is 279 g/mol. The highest BCUT2D eigenvalue weighted by atomic mass is 35.5. The largest absolute Gasteiger partial charge is 0.323 e. The number of aromatic nitrogens is 2. The quantitative estimate of drug-likeness (QED) is 0.795. The summed E-state index contributed by atoms with van der Waals surface area (Å²) in [6.45, 7) is 7.26. The van der Waals surface area contributed by atoms with E-state index in [0.717, 1.165) is 17.9 Å². The van der Waals surface area contributed by atoms with E-state index in [9.17, 15) is 0 Å². The summed E-state index contributed by atoms with van der Waals surface area (Å²) in [5, 5.41) is -0.0867. The number of alkyl halides is 1. The Balaban J connectivity index is 2.62. The van der Waals surface area contributed by atoms with Crippen molar-refractivity contribution in [1.82, 2.24) is 14.5 Å². The third-order valence-electron chi connectivity index (χ3n) is 3.38. The summed E-state index contributed by atoms with van der Waals surface area (Å²) in [6.07, 6.45) is 0. The lowest BCUT2D eigenvalue weighted by molar-refractivity contribution is 0.336. The van der Waals surface area contributed by atoms with Gasteiger partial charge in [0.2, 0.25) is 0 Å².